The fourth-order valence-electron chi connectivity index (χ4n) is 6.99. The first-order valence-corrected chi connectivity index (χ1v) is 55.4. The Labute approximate surface area is 342 Å². The molecule has 1 aliphatic heterocycles. The number of allylic oxidation sites excluding steroid dienone is 1. The minimum absolute atomic E-state index is 0.160. The topological polar surface area (TPSA) is 74.2 Å². The molecule has 24 atom stereocenters. The van der Waals surface area contributed by atoms with Gasteiger partial charge in [-0.05, 0) is 84.1 Å². The van der Waals surface area contributed by atoms with Crippen molar-refractivity contribution in [2.24, 2.45) is 16.7 Å². The minimum atomic E-state index is -0.893. The summed E-state index contributed by atoms with van der Waals surface area (Å²) in [5.74, 6) is -0.215. The van der Waals surface area contributed by atoms with Crippen LogP contribution in [0.1, 0.15) is 53.4 Å². The van der Waals surface area contributed by atoms with Gasteiger partial charge in [0, 0.05) is 32.3 Å². The first-order valence-electron chi connectivity index (χ1n) is 15.0. The van der Waals surface area contributed by atoms with Gasteiger partial charge in [0.15, 0.2) is 0 Å². The Morgan fingerprint density at radius 2 is 1.48 bits per heavy atom. The van der Waals surface area contributed by atoms with Gasteiger partial charge in [0.2, 0.25) is 0 Å². The van der Waals surface area contributed by atoms with E-state index in [0.717, 1.165) is 7.96 Å². The van der Waals surface area contributed by atoms with E-state index in [1.165, 1.54) is 11.1 Å². The molecule has 0 radical (unpaired) electrons. The van der Waals surface area contributed by atoms with E-state index in [2.05, 4.69) is 141 Å². The number of hydrogen-bond acceptors (Lipinski definition) is 6. The fraction of sp³-hybridized carbons (Fsp3) is 0.762. The molecule has 23 unspecified atom stereocenters. The van der Waals surface area contributed by atoms with E-state index in [9.17, 15) is 9.90 Å². The lowest BCUT2D eigenvalue weighted by Crippen LogP contribution is -2.63. The third-order valence-corrected chi connectivity index (χ3v) is 127. The zero-order valence-corrected chi connectivity index (χ0v) is 52.3. The van der Waals surface area contributed by atoms with Crippen molar-refractivity contribution in [2.45, 2.75) is 83.9 Å². The van der Waals surface area contributed by atoms with Gasteiger partial charge >= 0.3 is 6.16 Å². The summed E-state index contributed by atoms with van der Waals surface area (Å²) >= 11 is 0. The number of aliphatic hydroxyl groups is 1. The maximum atomic E-state index is 13.1. The molecule has 3 rings (SSSR count). The van der Waals surface area contributed by atoms with Crippen LogP contribution < -0.4 is 0 Å². The minimum Gasteiger partial charge on any atom is -0.430 e. The molecule has 2 fully saturated rings. The number of carbonyl (C=O) groups excluding carboxylic acids is 1. The third-order valence-electron chi connectivity index (χ3n) is 9.26. The predicted octanol–water partition coefficient (Wildman–Crippen LogP) is 16.8. The van der Waals surface area contributed by atoms with Gasteiger partial charge in [-0.2, -0.15) is 0 Å². The van der Waals surface area contributed by atoms with Crippen molar-refractivity contribution in [3.05, 3.63) is 23.8 Å². The number of rotatable bonds is 16. The van der Waals surface area contributed by atoms with Gasteiger partial charge in [-0.15, -0.1) is 105 Å². The molecule has 0 spiro atoms. The number of ether oxygens (including phenoxy) is 2. The van der Waals surface area contributed by atoms with Crippen molar-refractivity contribution in [3.8, 4) is 0 Å². The summed E-state index contributed by atoms with van der Waals surface area (Å²) in [5, 5.41) is 12.6. The Bertz CT molecular complexity index is 1190. The lowest BCUT2D eigenvalue weighted by molar-refractivity contribution is -0.210. The van der Waals surface area contributed by atoms with Crippen molar-refractivity contribution in [1.82, 2.24) is 0 Å². The maximum Gasteiger partial charge on any atom is 0.508 e. The van der Waals surface area contributed by atoms with E-state index in [4.69, 9.17) is 18.5 Å². The van der Waals surface area contributed by atoms with E-state index >= 15 is 0 Å². The molecule has 6 nitrogen and oxygen atoms in total. The first kappa shape index (κ1) is 52.9. The number of fused-ring (bicyclic) bond motifs is 3. The summed E-state index contributed by atoms with van der Waals surface area (Å²) < 4.78 is 27.3. The molecular weight excluding hydrogens is 1060 g/mol. The van der Waals surface area contributed by atoms with Crippen LogP contribution in [-0.4, -0.2) is 41.8 Å². The second-order valence-corrected chi connectivity index (χ2v) is 96.0. The van der Waals surface area contributed by atoms with Crippen molar-refractivity contribution in [1.29, 1.82) is 0 Å². The monoisotopic (exact) mass is 1120 g/mol. The number of aliphatic hydroxyl groups excluding tert-OH is 1. The van der Waals surface area contributed by atoms with E-state index in [1.54, 1.807) is 0 Å². The molecule has 2 aliphatic carbocycles. The zero-order chi connectivity index (χ0) is 38.0. The van der Waals surface area contributed by atoms with Crippen LogP contribution in [0.3, 0.4) is 0 Å². The standard InChI is InChI=1S/C21H55O6P23/c1-6-7-8-15-21(5)10-14(27-41(43(29)30)49(40-28)45(33)34)16-11(2)13(26-42(48(39)44(31)32)50(46(35)36)47(37)38)9-12(20(16,3)4)17(22)18(21)25-19(23)24-15/h6,12-15,17-18,22,40H,1,7-10,28-39H2,2-5H3/t12?,13?,14?,15?,17?,18?,21-,41?,42?,48?,49?/m1/s1. The van der Waals surface area contributed by atoms with Gasteiger partial charge in [0.05, 0.1) is 33.4 Å². The van der Waals surface area contributed by atoms with Crippen LogP contribution in [0, 0.1) is 16.7 Å². The van der Waals surface area contributed by atoms with Crippen LogP contribution in [0.25, 0.3) is 0 Å². The zero-order valence-electron chi connectivity index (χ0n) is 28.5. The summed E-state index contributed by atoms with van der Waals surface area (Å²) in [4.78, 5) is 13.1. The highest BCUT2D eigenvalue weighted by Gasteiger charge is 2.62. The predicted molar refractivity (Wildman–Crippen MR) is 292 cm³/mol. The molecule has 1 heterocycles. The van der Waals surface area contributed by atoms with Gasteiger partial charge in [-0.1, -0.05) is 43.7 Å². The van der Waals surface area contributed by atoms with Gasteiger partial charge < -0.3 is 23.6 Å². The maximum absolute atomic E-state index is 13.1. The Morgan fingerprint density at radius 1 is 0.900 bits per heavy atom. The molecule has 1 N–H and O–H groups in total. The smallest absolute Gasteiger partial charge is 0.430 e. The average molecular weight is 1120 g/mol. The van der Waals surface area contributed by atoms with E-state index in [0.29, 0.717) is 25.7 Å². The van der Waals surface area contributed by atoms with E-state index in [1.807, 2.05) is 6.08 Å². The number of carbonyl (C=O) groups is 1. The lowest BCUT2D eigenvalue weighted by Gasteiger charge is -2.58. The average Bonchev–Trinajstić information content (AvgIpc) is 2.99. The largest absolute Gasteiger partial charge is 0.508 e. The van der Waals surface area contributed by atoms with Gasteiger partial charge in [0.25, 0.3) is 0 Å². The molecule has 3 aliphatic rings. The molecule has 290 valence electrons. The molecule has 29 heteroatoms. The Kier molecular flexibility index (Phi) is 25.4. The second-order valence-electron chi connectivity index (χ2n) is 12.7. The molecular formula is C21H55O6P23. The summed E-state index contributed by atoms with van der Waals surface area (Å²) in [6, 6.07) is 0. The lowest BCUT2D eigenvalue weighted by atomic mass is 9.54. The summed E-state index contributed by atoms with van der Waals surface area (Å²) in [5.41, 5.74) is 1.42. The van der Waals surface area contributed by atoms with Crippen LogP contribution in [0.4, 0.5) is 4.79 Å². The van der Waals surface area contributed by atoms with Crippen LogP contribution in [-0.2, 0) is 18.5 Å². The van der Waals surface area contributed by atoms with Crippen molar-refractivity contribution < 1.29 is 28.4 Å². The normalized spacial score (nSPS) is 32.7. The first-order chi connectivity index (χ1) is 23.1. The van der Waals surface area contributed by atoms with Gasteiger partial charge in [0.1, 0.15) is 12.2 Å². The molecule has 50 heavy (non-hydrogen) atoms. The molecule has 0 amide bonds. The highest BCUT2D eigenvalue weighted by molar-refractivity contribution is 9.19. The highest BCUT2D eigenvalue weighted by Crippen LogP contribution is 3.18. The molecule has 0 aromatic carbocycles. The highest BCUT2D eigenvalue weighted by atomic mass is 33.2. The quantitative estimate of drug-likeness (QED) is 0.0943. The SMILES string of the molecule is C=CCCC1OC(=O)OC2C(O)C3CC(OP(P(P)P(P)P)P(P(P)P)P(P)P)C(C)=C(C(OP(P(P)P)P(PP)P(P)P)C[C@]12C)C3(C)C. The molecule has 1 saturated carbocycles. The third kappa shape index (κ3) is 13.1. The van der Waals surface area contributed by atoms with Crippen LogP contribution in [0.2, 0.25) is 0 Å². The molecule has 1 saturated heterocycles. The van der Waals surface area contributed by atoms with Gasteiger partial charge in [-0.3, -0.25) is 0 Å². The summed E-state index contributed by atoms with van der Waals surface area (Å²) in [6.45, 7) is 9.75. The van der Waals surface area contributed by atoms with Crippen LogP contribution in [0.5, 0.6) is 0 Å². The molecule has 2 bridgehead atoms. The molecule has 0 aromatic rings. The van der Waals surface area contributed by atoms with Crippen molar-refractivity contribution >= 4 is 192 Å². The van der Waals surface area contributed by atoms with Crippen LogP contribution >= 0.6 is 186 Å². The molecule has 0 aromatic heterocycles. The van der Waals surface area contributed by atoms with E-state index < -0.39 is 71.3 Å². The van der Waals surface area contributed by atoms with Crippen molar-refractivity contribution in [2.75, 3.05) is 0 Å². The number of hydrogen-bond donors (Lipinski definition) is 1. The van der Waals surface area contributed by atoms with Crippen molar-refractivity contribution in [3.63, 3.8) is 0 Å². The summed E-state index contributed by atoms with van der Waals surface area (Å²) in [7, 11) is 36.4. The van der Waals surface area contributed by atoms with E-state index in [-0.39, 0.29) is 53.1 Å². The Balaban J connectivity index is 2.32. The van der Waals surface area contributed by atoms with Gasteiger partial charge in [-0.25, -0.2) is 4.79 Å². The fourth-order valence-corrected chi connectivity index (χ4v) is 169. The Hall–Kier alpha value is 8.52. The summed E-state index contributed by atoms with van der Waals surface area (Å²) in [6.07, 6.45) is 1.28. The Morgan fingerprint density at radius 3 is 1.96 bits per heavy atom. The van der Waals surface area contributed by atoms with Crippen LogP contribution in [0.15, 0.2) is 23.8 Å². The number of cyclic esters (lactones) is 1. The second kappa shape index (κ2) is 24.0.